The Morgan fingerprint density at radius 1 is 1.04 bits per heavy atom. The summed E-state index contributed by atoms with van der Waals surface area (Å²) in [6, 6.07) is 13.5. The number of anilines is 1. The van der Waals surface area contributed by atoms with E-state index in [1.54, 1.807) is 46.8 Å². The summed E-state index contributed by atoms with van der Waals surface area (Å²) in [7, 11) is -3.52. The molecule has 0 spiro atoms. The minimum absolute atomic E-state index is 0.252. The summed E-state index contributed by atoms with van der Waals surface area (Å²) in [5.74, 6) is 0.453. The molecule has 1 N–H and O–H groups in total. The highest BCUT2D eigenvalue weighted by Crippen LogP contribution is 2.27. The van der Waals surface area contributed by atoms with Gasteiger partial charge in [-0.1, -0.05) is 26.0 Å². The molecule has 1 aliphatic heterocycles. The van der Waals surface area contributed by atoms with Gasteiger partial charge < -0.3 is 5.32 Å². The average Bonchev–Trinajstić information content (AvgIpc) is 2.61. The van der Waals surface area contributed by atoms with Crippen LogP contribution in [0.1, 0.15) is 30.6 Å². The lowest BCUT2D eigenvalue weighted by Gasteiger charge is -2.34. The summed E-state index contributed by atoms with van der Waals surface area (Å²) in [4.78, 5) is 12.6. The smallest absolute Gasteiger partial charge is 0.256 e. The van der Waals surface area contributed by atoms with E-state index < -0.39 is 10.0 Å². The molecule has 1 saturated heterocycles. The predicted octanol–water partition coefficient (Wildman–Crippen LogP) is 4.37. The molecule has 27 heavy (non-hydrogen) atoms. The Morgan fingerprint density at radius 2 is 1.63 bits per heavy atom. The van der Waals surface area contributed by atoms with Gasteiger partial charge >= 0.3 is 0 Å². The Hall–Kier alpha value is -1.70. The second-order valence-electron chi connectivity index (χ2n) is 7.23. The van der Waals surface area contributed by atoms with Gasteiger partial charge in [0, 0.05) is 23.2 Å². The first-order valence-electron chi connectivity index (χ1n) is 8.93. The lowest BCUT2D eigenvalue weighted by molar-refractivity contribution is 0.102. The van der Waals surface area contributed by atoms with Crippen LogP contribution in [-0.4, -0.2) is 31.7 Å². The summed E-state index contributed by atoms with van der Waals surface area (Å²) in [5, 5.41) is 2.79. The summed E-state index contributed by atoms with van der Waals surface area (Å²) in [6.07, 6.45) is 1.05. The predicted molar refractivity (Wildman–Crippen MR) is 110 cm³/mol. The number of carbonyl (C=O) groups is 1. The molecule has 0 radical (unpaired) electrons. The van der Waals surface area contributed by atoms with Crippen LogP contribution in [0.25, 0.3) is 0 Å². The number of sulfonamides is 1. The van der Waals surface area contributed by atoms with Gasteiger partial charge in [-0.15, -0.1) is 0 Å². The number of hydrogen-bond donors (Lipinski definition) is 1. The van der Waals surface area contributed by atoms with E-state index in [0.717, 1.165) is 6.42 Å². The van der Waals surface area contributed by atoms with Gasteiger partial charge in [0.1, 0.15) is 0 Å². The highest BCUT2D eigenvalue weighted by atomic mass is 79.9. The first kappa shape index (κ1) is 20.0. The fraction of sp³-hybridized carbons (Fsp3) is 0.350. The lowest BCUT2D eigenvalue weighted by Crippen LogP contribution is -2.42. The van der Waals surface area contributed by atoms with Crippen molar-refractivity contribution in [1.29, 1.82) is 0 Å². The van der Waals surface area contributed by atoms with E-state index in [0.29, 0.717) is 40.6 Å². The number of carbonyl (C=O) groups excluding carboxylic acids is 1. The molecular weight excluding hydrogens is 428 g/mol. The van der Waals surface area contributed by atoms with Gasteiger partial charge in [-0.05, 0) is 70.6 Å². The number of benzene rings is 2. The van der Waals surface area contributed by atoms with E-state index in [-0.39, 0.29) is 10.8 Å². The summed E-state index contributed by atoms with van der Waals surface area (Å²) in [6.45, 7) is 5.26. The maximum atomic E-state index is 12.9. The molecule has 7 heteroatoms. The second kappa shape index (κ2) is 8.12. The fourth-order valence-electron chi connectivity index (χ4n) is 3.51. The zero-order chi connectivity index (χ0) is 19.6. The molecule has 2 aromatic carbocycles. The standard InChI is InChI=1S/C20H23BrN2O3S/c1-14-11-15(2)13-23(12-14)27(25,26)17-9-7-16(8-10-17)22-20(24)18-5-3-4-6-19(18)21/h3-10,14-15H,11-13H2,1-2H3,(H,22,24). The van der Waals surface area contributed by atoms with Gasteiger partial charge in [-0.3, -0.25) is 4.79 Å². The average molecular weight is 451 g/mol. The molecular formula is C20H23BrN2O3S. The minimum atomic E-state index is -3.52. The van der Waals surface area contributed by atoms with Crippen LogP contribution in [0, 0.1) is 11.8 Å². The zero-order valence-electron chi connectivity index (χ0n) is 15.4. The van der Waals surface area contributed by atoms with Crippen molar-refractivity contribution in [2.45, 2.75) is 25.2 Å². The van der Waals surface area contributed by atoms with Crippen molar-refractivity contribution in [2.24, 2.45) is 11.8 Å². The molecule has 0 bridgehead atoms. The molecule has 2 aromatic rings. The number of amides is 1. The lowest BCUT2D eigenvalue weighted by atomic mass is 9.94. The fourth-order valence-corrected chi connectivity index (χ4v) is 5.65. The van der Waals surface area contributed by atoms with Crippen LogP contribution in [0.3, 0.4) is 0 Å². The van der Waals surface area contributed by atoms with Crippen molar-refractivity contribution in [1.82, 2.24) is 4.31 Å². The first-order chi connectivity index (χ1) is 12.8. The number of hydrogen-bond acceptors (Lipinski definition) is 3. The van der Waals surface area contributed by atoms with Crippen molar-refractivity contribution >= 4 is 37.5 Å². The highest BCUT2D eigenvalue weighted by Gasteiger charge is 2.31. The number of halogens is 1. The molecule has 0 saturated carbocycles. The van der Waals surface area contributed by atoms with Gasteiger partial charge in [-0.25, -0.2) is 8.42 Å². The van der Waals surface area contributed by atoms with E-state index in [1.165, 1.54) is 0 Å². The van der Waals surface area contributed by atoms with Gasteiger partial charge in [0.05, 0.1) is 10.5 Å². The van der Waals surface area contributed by atoms with Crippen molar-refractivity contribution < 1.29 is 13.2 Å². The molecule has 2 atom stereocenters. The van der Waals surface area contributed by atoms with Gasteiger partial charge in [0.15, 0.2) is 0 Å². The van der Waals surface area contributed by atoms with Crippen molar-refractivity contribution in [3.8, 4) is 0 Å². The number of rotatable bonds is 4. The van der Waals surface area contributed by atoms with Crippen LogP contribution in [0.2, 0.25) is 0 Å². The molecule has 0 aliphatic carbocycles. The molecule has 0 aromatic heterocycles. The normalized spacial score (nSPS) is 21.0. The Kier molecular flexibility index (Phi) is 6.03. The molecule has 5 nitrogen and oxygen atoms in total. The van der Waals surface area contributed by atoms with E-state index in [1.807, 2.05) is 6.07 Å². The van der Waals surface area contributed by atoms with E-state index in [2.05, 4.69) is 35.1 Å². The maximum absolute atomic E-state index is 12.9. The molecule has 2 unspecified atom stereocenters. The highest BCUT2D eigenvalue weighted by molar-refractivity contribution is 9.10. The quantitative estimate of drug-likeness (QED) is 0.751. The minimum Gasteiger partial charge on any atom is -0.322 e. The molecule has 1 heterocycles. The second-order valence-corrected chi connectivity index (χ2v) is 10.0. The molecule has 1 amide bonds. The van der Waals surface area contributed by atoms with Crippen LogP contribution in [0.5, 0.6) is 0 Å². The zero-order valence-corrected chi connectivity index (χ0v) is 17.8. The molecule has 144 valence electrons. The number of piperidine rings is 1. The SMILES string of the molecule is CC1CC(C)CN(S(=O)(=O)c2ccc(NC(=O)c3ccccc3Br)cc2)C1. The molecule has 3 rings (SSSR count). The first-order valence-corrected chi connectivity index (χ1v) is 11.2. The maximum Gasteiger partial charge on any atom is 0.256 e. The molecule has 1 fully saturated rings. The number of nitrogens with zero attached hydrogens (tertiary/aromatic N) is 1. The van der Waals surface area contributed by atoms with Gasteiger partial charge in [0.25, 0.3) is 5.91 Å². The third-order valence-electron chi connectivity index (χ3n) is 4.70. The van der Waals surface area contributed by atoms with E-state index >= 15 is 0 Å². The van der Waals surface area contributed by atoms with Crippen molar-refractivity contribution in [3.63, 3.8) is 0 Å². The van der Waals surface area contributed by atoms with E-state index in [4.69, 9.17) is 0 Å². The summed E-state index contributed by atoms with van der Waals surface area (Å²) in [5.41, 5.74) is 1.07. The Morgan fingerprint density at radius 3 is 2.22 bits per heavy atom. The Labute approximate surface area is 169 Å². The van der Waals surface area contributed by atoms with Crippen LogP contribution >= 0.6 is 15.9 Å². The van der Waals surface area contributed by atoms with Crippen molar-refractivity contribution in [2.75, 3.05) is 18.4 Å². The summed E-state index contributed by atoms with van der Waals surface area (Å²) < 4.78 is 28.1. The Bertz CT molecular complexity index is 918. The monoisotopic (exact) mass is 450 g/mol. The van der Waals surface area contributed by atoms with Crippen LogP contribution < -0.4 is 5.32 Å². The topological polar surface area (TPSA) is 66.5 Å². The van der Waals surface area contributed by atoms with E-state index in [9.17, 15) is 13.2 Å². The third-order valence-corrected chi connectivity index (χ3v) is 7.24. The molecule has 1 aliphatic rings. The largest absolute Gasteiger partial charge is 0.322 e. The Balaban J connectivity index is 1.75. The van der Waals surface area contributed by atoms with Crippen LogP contribution in [-0.2, 0) is 10.0 Å². The van der Waals surface area contributed by atoms with Gasteiger partial charge in [-0.2, -0.15) is 4.31 Å². The van der Waals surface area contributed by atoms with Crippen LogP contribution in [0.15, 0.2) is 57.9 Å². The van der Waals surface area contributed by atoms with Gasteiger partial charge in [0.2, 0.25) is 10.0 Å². The summed E-state index contributed by atoms with van der Waals surface area (Å²) >= 11 is 3.36. The van der Waals surface area contributed by atoms with Crippen molar-refractivity contribution in [3.05, 3.63) is 58.6 Å². The van der Waals surface area contributed by atoms with Crippen LogP contribution in [0.4, 0.5) is 5.69 Å². The third kappa shape index (κ3) is 4.59. The number of nitrogens with one attached hydrogen (secondary N) is 1.